The van der Waals surface area contributed by atoms with Crippen LogP contribution in [0, 0.1) is 20.8 Å². The van der Waals surface area contributed by atoms with E-state index in [1.54, 1.807) is 0 Å². The number of benzene rings is 1. The predicted molar refractivity (Wildman–Crippen MR) is 73.1 cm³/mol. The lowest BCUT2D eigenvalue weighted by molar-refractivity contribution is 0.0935. The second-order valence-corrected chi connectivity index (χ2v) is 5.00. The van der Waals surface area contributed by atoms with E-state index in [1.165, 1.54) is 17.3 Å². The summed E-state index contributed by atoms with van der Waals surface area (Å²) in [6.07, 6.45) is 1.31. The van der Waals surface area contributed by atoms with Gasteiger partial charge in [-0.3, -0.25) is 9.89 Å². The van der Waals surface area contributed by atoms with Crippen LogP contribution in [-0.2, 0) is 0 Å². The SMILES string of the molecule is Cc1cc(C)c([C@@H]2NC(=O)c3cn[nH]c3N2)cc1C. The maximum atomic E-state index is 12.0. The molecule has 3 N–H and O–H groups in total. The Hall–Kier alpha value is -2.30. The fraction of sp³-hybridized carbons (Fsp3) is 0.286. The highest BCUT2D eigenvalue weighted by Gasteiger charge is 2.27. The number of H-pyrrole nitrogens is 1. The first-order chi connectivity index (χ1) is 9.06. The minimum absolute atomic E-state index is 0.106. The lowest BCUT2D eigenvalue weighted by atomic mass is 9.98. The van der Waals surface area contributed by atoms with E-state index in [0.29, 0.717) is 11.4 Å². The van der Waals surface area contributed by atoms with E-state index in [2.05, 4.69) is 53.7 Å². The van der Waals surface area contributed by atoms with Gasteiger partial charge in [0.1, 0.15) is 17.5 Å². The highest BCUT2D eigenvalue weighted by Crippen LogP contribution is 2.27. The third-order valence-electron chi connectivity index (χ3n) is 3.64. The number of carbonyl (C=O) groups is 1. The number of hydrogen-bond acceptors (Lipinski definition) is 3. The molecular weight excluding hydrogens is 240 g/mol. The lowest BCUT2D eigenvalue weighted by Gasteiger charge is -2.27. The van der Waals surface area contributed by atoms with E-state index in [-0.39, 0.29) is 12.1 Å². The van der Waals surface area contributed by atoms with E-state index in [4.69, 9.17) is 0 Å². The van der Waals surface area contributed by atoms with Crippen LogP contribution >= 0.6 is 0 Å². The van der Waals surface area contributed by atoms with Gasteiger partial charge in [0.25, 0.3) is 5.91 Å². The molecule has 0 fully saturated rings. The Morgan fingerprint density at radius 2 is 1.79 bits per heavy atom. The summed E-state index contributed by atoms with van der Waals surface area (Å²) in [5, 5.41) is 12.9. The van der Waals surface area contributed by atoms with Crippen molar-refractivity contribution in [3.63, 3.8) is 0 Å². The number of amides is 1. The predicted octanol–water partition coefficient (Wildman–Crippen LogP) is 2.19. The van der Waals surface area contributed by atoms with E-state index in [9.17, 15) is 4.79 Å². The Morgan fingerprint density at radius 3 is 2.58 bits per heavy atom. The van der Waals surface area contributed by atoms with Gasteiger partial charge in [-0.2, -0.15) is 5.10 Å². The van der Waals surface area contributed by atoms with Crippen molar-refractivity contribution in [2.24, 2.45) is 0 Å². The van der Waals surface area contributed by atoms with Crippen molar-refractivity contribution in [3.8, 4) is 0 Å². The Morgan fingerprint density at radius 1 is 1.05 bits per heavy atom. The van der Waals surface area contributed by atoms with E-state index in [1.807, 2.05) is 0 Å². The average Bonchev–Trinajstić information content (AvgIpc) is 2.82. The Balaban J connectivity index is 2.01. The van der Waals surface area contributed by atoms with Crippen LogP contribution in [0.5, 0.6) is 0 Å². The molecule has 0 radical (unpaired) electrons. The third-order valence-corrected chi connectivity index (χ3v) is 3.64. The maximum absolute atomic E-state index is 12.0. The molecule has 1 aromatic carbocycles. The molecule has 0 saturated carbocycles. The summed E-state index contributed by atoms with van der Waals surface area (Å²) in [5.74, 6) is 0.566. The molecule has 0 unspecified atom stereocenters. The van der Waals surface area contributed by atoms with Gasteiger partial charge in [-0.05, 0) is 43.0 Å². The molecular formula is C14H16N4O. The zero-order chi connectivity index (χ0) is 13.6. The fourth-order valence-corrected chi connectivity index (χ4v) is 2.41. The molecule has 5 heteroatoms. The molecule has 0 saturated heterocycles. The number of rotatable bonds is 1. The smallest absolute Gasteiger partial charge is 0.258 e. The Kier molecular flexibility index (Phi) is 2.55. The number of nitrogens with one attached hydrogen (secondary N) is 3. The fourth-order valence-electron chi connectivity index (χ4n) is 2.41. The number of anilines is 1. The van der Waals surface area contributed by atoms with Crippen LogP contribution in [0.4, 0.5) is 5.82 Å². The molecule has 3 rings (SSSR count). The van der Waals surface area contributed by atoms with Crippen LogP contribution in [0.3, 0.4) is 0 Å². The normalized spacial score (nSPS) is 17.6. The minimum atomic E-state index is -0.222. The number of fused-ring (bicyclic) bond motifs is 1. The molecule has 1 aliphatic rings. The van der Waals surface area contributed by atoms with E-state index >= 15 is 0 Å². The number of aromatic amines is 1. The summed E-state index contributed by atoms with van der Waals surface area (Å²) in [7, 11) is 0. The quantitative estimate of drug-likeness (QED) is 0.732. The maximum Gasteiger partial charge on any atom is 0.258 e. The summed E-state index contributed by atoms with van der Waals surface area (Å²) in [4.78, 5) is 12.0. The first-order valence-corrected chi connectivity index (χ1v) is 6.25. The molecule has 0 spiro atoms. The van der Waals surface area contributed by atoms with Crippen molar-refractivity contribution in [1.82, 2.24) is 15.5 Å². The molecule has 1 aliphatic heterocycles. The Bertz CT molecular complexity index is 659. The topological polar surface area (TPSA) is 69.8 Å². The number of aromatic nitrogens is 2. The highest BCUT2D eigenvalue weighted by molar-refractivity contribution is 6.00. The molecule has 1 aromatic heterocycles. The van der Waals surface area contributed by atoms with Crippen LogP contribution in [0.25, 0.3) is 0 Å². The van der Waals surface area contributed by atoms with E-state index in [0.717, 1.165) is 11.1 Å². The van der Waals surface area contributed by atoms with Crippen molar-refractivity contribution >= 4 is 11.7 Å². The second-order valence-electron chi connectivity index (χ2n) is 5.00. The monoisotopic (exact) mass is 256 g/mol. The standard InChI is InChI=1S/C14H16N4O/c1-7-4-9(3)10(5-8(7)2)12-16-13-11(6-15-18-13)14(19)17-12/h4-6,12H,1-3H3,(H,17,19)(H2,15,16,18)/t12-/m0/s1. The molecule has 1 amide bonds. The van der Waals surface area contributed by atoms with Gasteiger partial charge in [-0.15, -0.1) is 0 Å². The van der Waals surface area contributed by atoms with Gasteiger partial charge in [0.15, 0.2) is 0 Å². The van der Waals surface area contributed by atoms with Crippen LogP contribution < -0.4 is 10.6 Å². The van der Waals surface area contributed by atoms with Gasteiger partial charge in [-0.25, -0.2) is 0 Å². The van der Waals surface area contributed by atoms with Crippen molar-refractivity contribution < 1.29 is 4.79 Å². The van der Waals surface area contributed by atoms with Crippen LogP contribution in [0.2, 0.25) is 0 Å². The van der Waals surface area contributed by atoms with Gasteiger partial charge < -0.3 is 10.6 Å². The summed E-state index contributed by atoms with van der Waals surface area (Å²) < 4.78 is 0. The molecule has 19 heavy (non-hydrogen) atoms. The van der Waals surface area contributed by atoms with Crippen LogP contribution in [0.1, 0.15) is 38.8 Å². The van der Waals surface area contributed by atoms with Gasteiger partial charge in [0.2, 0.25) is 0 Å². The highest BCUT2D eigenvalue weighted by atomic mass is 16.2. The Labute approximate surface area is 111 Å². The molecule has 1 atom stereocenters. The van der Waals surface area contributed by atoms with Crippen molar-refractivity contribution in [1.29, 1.82) is 0 Å². The zero-order valence-corrected chi connectivity index (χ0v) is 11.2. The van der Waals surface area contributed by atoms with Crippen molar-refractivity contribution in [3.05, 3.63) is 46.1 Å². The molecule has 0 bridgehead atoms. The van der Waals surface area contributed by atoms with E-state index < -0.39 is 0 Å². The van der Waals surface area contributed by atoms with Gasteiger partial charge in [0.05, 0.1) is 6.20 Å². The first-order valence-electron chi connectivity index (χ1n) is 6.25. The zero-order valence-electron chi connectivity index (χ0n) is 11.2. The number of carbonyl (C=O) groups excluding carboxylic acids is 1. The minimum Gasteiger partial charge on any atom is -0.346 e. The lowest BCUT2D eigenvalue weighted by Crippen LogP contribution is -2.38. The number of aryl methyl sites for hydroxylation is 3. The number of nitrogens with zero attached hydrogens (tertiary/aromatic N) is 1. The van der Waals surface area contributed by atoms with Crippen LogP contribution in [0.15, 0.2) is 18.3 Å². The largest absolute Gasteiger partial charge is 0.346 e. The summed E-state index contributed by atoms with van der Waals surface area (Å²) >= 11 is 0. The summed E-state index contributed by atoms with van der Waals surface area (Å²) in [6, 6.07) is 4.25. The number of hydrogen-bond donors (Lipinski definition) is 3. The first kappa shape index (κ1) is 11.8. The van der Waals surface area contributed by atoms with Gasteiger partial charge >= 0.3 is 0 Å². The summed E-state index contributed by atoms with van der Waals surface area (Å²) in [5.41, 5.74) is 5.26. The summed E-state index contributed by atoms with van der Waals surface area (Å²) in [6.45, 7) is 6.22. The molecule has 2 aromatic rings. The van der Waals surface area contributed by atoms with Crippen molar-refractivity contribution in [2.45, 2.75) is 26.9 Å². The molecule has 98 valence electrons. The molecule has 0 aliphatic carbocycles. The van der Waals surface area contributed by atoms with Crippen LogP contribution in [-0.4, -0.2) is 16.1 Å². The molecule has 5 nitrogen and oxygen atoms in total. The van der Waals surface area contributed by atoms with Crippen molar-refractivity contribution in [2.75, 3.05) is 5.32 Å². The van der Waals surface area contributed by atoms with Gasteiger partial charge in [0, 0.05) is 0 Å². The third kappa shape index (κ3) is 1.87. The second kappa shape index (κ2) is 4.12. The molecule has 2 heterocycles. The average molecular weight is 256 g/mol. The van der Waals surface area contributed by atoms with Gasteiger partial charge in [-0.1, -0.05) is 12.1 Å².